The predicted octanol–water partition coefficient (Wildman–Crippen LogP) is 2.03. The van der Waals surface area contributed by atoms with Gasteiger partial charge in [0.1, 0.15) is 0 Å². The van der Waals surface area contributed by atoms with Crippen molar-refractivity contribution < 1.29 is 0 Å². The van der Waals surface area contributed by atoms with E-state index in [4.69, 9.17) is 11.6 Å². The average Bonchev–Trinajstić information content (AvgIpc) is 2.20. The lowest BCUT2D eigenvalue weighted by molar-refractivity contribution is 0.401. The van der Waals surface area contributed by atoms with E-state index in [1.807, 2.05) is 12.1 Å². The summed E-state index contributed by atoms with van der Waals surface area (Å²) in [6, 6.07) is 8.04. The lowest BCUT2D eigenvalue weighted by Crippen LogP contribution is -2.27. The highest BCUT2D eigenvalue weighted by atomic mass is 35.5. The fourth-order valence-electron chi connectivity index (χ4n) is 1.31. The number of hydrogen-bond acceptors (Lipinski definition) is 2. The zero-order chi connectivity index (χ0) is 11.1. The predicted molar refractivity (Wildman–Crippen MR) is 66.6 cm³/mol. The quantitative estimate of drug-likeness (QED) is 0.747. The Morgan fingerprint density at radius 2 is 1.80 bits per heavy atom. The molecule has 0 amide bonds. The molecule has 0 heterocycles. The van der Waals surface area contributed by atoms with Crippen molar-refractivity contribution >= 4 is 11.6 Å². The smallest absolute Gasteiger partial charge is 0.0406 e. The molecule has 0 radical (unpaired) electrons. The summed E-state index contributed by atoms with van der Waals surface area (Å²) in [7, 11) is 4.17. The SMILES string of the molecule is CN(C)CCNCCc1ccc(Cl)cc1. The highest BCUT2D eigenvalue weighted by molar-refractivity contribution is 6.30. The molecule has 0 saturated heterocycles. The van der Waals surface area contributed by atoms with Crippen LogP contribution in [0.4, 0.5) is 0 Å². The topological polar surface area (TPSA) is 15.3 Å². The van der Waals surface area contributed by atoms with Gasteiger partial charge in [-0.3, -0.25) is 0 Å². The van der Waals surface area contributed by atoms with Crippen LogP contribution in [0.1, 0.15) is 5.56 Å². The molecule has 15 heavy (non-hydrogen) atoms. The van der Waals surface area contributed by atoms with E-state index in [1.165, 1.54) is 5.56 Å². The molecule has 2 nitrogen and oxygen atoms in total. The van der Waals surface area contributed by atoms with E-state index in [2.05, 4.69) is 36.4 Å². The Morgan fingerprint density at radius 1 is 1.13 bits per heavy atom. The molecule has 1 aromatic rings. The van der Waals surface area contributed by atoms with E-state index >= 15 is 0 Å². The summed E-state index contributed by atoms with van der Waals surface area (Å²) in [5.74, 6) is 0. The maximum absolute atomic E-state index is 5.81. The third-order valence-electron chi connectivity index (χ3n) is 2.24. The van der Waals surface area contributed by atoms with E-state index < -0.39 is 0 Å². The summed E-state index contributed by atoms with van der Waals surface area (Å²) >= 11 is 5.81. The standard InChI is InChI=1S/C12H19ClN2/c1-15(2)10-9-14-8-7-11-3-5-12(13)6-4-11/h3-6,14H,7-10H2,1-2H3. The first-order valence-corrected chi connectivity index (χ1v) is 5.66. The van der Waals surface area contributed by atoms with Gasteiger partial charge in [0.15, 0.2) is 0 Å². The zero-order valence-electron chi connectivity index (χ0n) is 9.46. The molecule has 84 valence electrons. The molecule has 1 N–H and O–H groups in total. The number of likely N-dealkylation sites (N-methyl/N-ethyl adjacent to an activating group) is 1. The minimum absolute atomic E-state index is 0.805. The van der Waals surface area contributed by atoms with Gasteiger partial charge in [-0.05, 0) is 44.8 Å². The summed E-state index contributed by atoms with van der Waals surface area (Å²) in [5, 5.41) is 4.21. The molecule has 0 aliphatic heterocycles. The molecule has 3 heteroatoms. The molecule has 0 aliphatic rings. The van der Waals surface area contributed by atoms with Crippen molar-refractivity contribution in [3.63, 3.8) is 0 Å². The van der Waals surface area contributed by atoms with Crippen LogP contribution in [-0.4, -0.2) is 38.6 Å². The van der Waals surface area contributed by atoms with Crippen molar-refractivity contribution in [1.29, 1.82) is 0 Å². The van der Waals surface area contributed by atoms with Crippen LogP contribution in [0.5, 0.6) is 0 Å². The fourth-order valence-corrected chi connectivity index (χ4v) is 1.44. The summed E-state index contributed by atoms with van der Waals surface area (Å²) in [5.41, 5.74) is 1.33. The van der Waals surface area contributed by atoms with Crippen molar-refractivity contribution in [2.45, 2.75) is 6.42 Å². The van der Waals surface area contributed by atoms with Crippen molar-refractivity contribution in [3.8, 4) is 0 Å². The van der Waals surface area contributed by atoms with Crippen LogP contribution in [0.3, 0.4) is 0 Å². The Balaban J connectivity index is 2.12. The molecular weight excluding hydrogens is 208 g/mol. The zero-order valence-corrected chi connectivity index (χ0v) is 10.2. The van der Waals surface area contributed by atoms with Crippen LogP contribution in [0.2, 0.25) is 5.02 Å². The highest BCUT2D eigenvalue weighted by Crippen LogP contribution is 2.09. The third kappa shape index (κ3) is 5.78. The van der Waals surface area contributed by atoms with E-state index in [9.17, 15) is 0 Å². The van der Waals surface area contributed by atoms with Gasteiger partial charge < -0.3 is 10.2 Å². The molecule has 0 aliphatic carbocycles. The van der Waals surface area contributed by atoms with Crippen molar-refractivity contribution in [2.24, 2.45) is 0 Å². The molecule has 0 fully saturated rings. The first-order chi connectivity index (χ1) is 7.18. The lowest BCUT2D eigenvalue weighted by atomic mass is 10.1. The van der Waals surface area contributed by atoms with Gasteiger partial charge in [0.25, 0.3) is 0 Å². The van der Waals surface area contributed by atoms with Crippen LogP contribution in [0, 0.1) is 0 Å². The monoisotopic (exact) mass is 226 g/mol. The van der Waals surface area contributed by atoms with E-state index in [-0.39, 0.29) is 0 Å². The normalized spacial score (nSPS) is 10.9. The Kier molecular flexibility index (Phi) is 5.69. The van der Waals surface area contributed by atoms with Gasteiger partial charge >= 0.3 is 0 Å². The van der Waals surface area contributed by atoms with E-state index in [0.717, 1.165) is 31.1 Å². The largest absolute Gasteiger partial charge is 0.315 e. The fraction of sp³-hybridized carbons (Fsp3) is 0.500. The van der Waals surface area contributed by atoms with Gasteiger partial charge in [-0.2, -0.15) is 0 Å². The molecule has 1 aromatic carbocycles. The molecule has 0 spiro atoms. The lowest BCUT2D eigenvalue weighted by Gasteiger charge is -2.10. The summed E-state index contributed by atoms with van der Waals surface area (Å²) in [6.07, 6.45) is 1.06. The first-order valence-electron chi connectivity index (χ1n) is 5.28. The molecule has 0 aromatic heterocycles. The Bertz CT molecular complexity index is 269. The number of rotatable bonds is 6. The second-order valence-electron chi connectivity index (χ2n) is 3.93. The second kappa shape index (κ2) is 6.83. The van der Waals surface area contributed by atoms with Gasteiger partial charge in [0.2, 0.25) is 0 Å². The number of benzene rings is 1. The molecule has 0 unspecified atom stereocenters. The number of nitrogens with one attached hydrogen (secondary N) is 1. The molecule has 0 bridgehead atoms. The van der Waals surface area contributed by atoms with Crippen molar-refractivity contribution in [3.05, 3.63) is 34.9 Å². The Morgan fingerprint density at radius 3 is 2.40 bits per heavy atom. The Labute approximate surface area is 97.2 Å². The number of halogens is 1. The molecular formula is C12H19ClN2. The van der Waals surface area contributed by atoms with Gasteiger partial charge in [-0.25, -0.2) is 0 Å². The maximum atomic E-state index is 5.81. The van der Waals surface area contributed by atoms with Crippen LogP contribution >= 0.6 is 11.6 Å². The maximum Gasteiger partial charge on any atom is 0.0406 e. The number of nitrogens with zero attached hydrogens (tertiary/aromatic N) is 1. The summed E-state index contributed by atoms with van der Waals surface area (Å²) < 4.78 is 0. The highest BCUT2D eigenvalue weighted by Gasteiger charge is 1.93. The van der Waals surface area contributed by atoms with E-state index in [1.54, 1.807) is 0 Å². The third-order valence-corrected chi connectivity index (χ3v) is 2.49. The van der Waals surface area contributed by atoms with Crippen molar-refractivity contribution in [2.75, 3.05) is 33.7 Å². The average molecular weight is 227 g/mol. The number of hydrogen-bond donors (Lipinski definition) is 1. The van der Waals surface area contributed by atoms with Gasteiger partial charge in [0.05, 0.1) is 0 Å². The first kappa shape index (κ1) is 12.5. The van der Waals surface area contributed by atoms with Crippen LogP contribution in [0.25, 0.3) is 0 Å². The van der Waals surface area contributed by atoms with Gasteiger partial charge in [-0.15, -0.1) is 0 Å². The van der Waals surface area contributed by atoms with Gasteiger partial charge in [0, 0.05) is 18.1 Å². The summed E-state index contributed by atoms with van der Waals surface area (Å²) in [6.45, 7) is 3.15. The second-order valence-corrected chi connectivity index (χ2v) is 4.37. The minimum atomic E-state index is 0.805. The van der Waals surface area contributed by atoms with Crippen LogP contribution < -0.4 is 5.32 Å². The molecule has 1 rings (SSSR count). The van der Waals surface area contributed by atoms with Crippen molar-refractivity contribution in [1.82, 2.24) is 10.2 Å². The molecule has 0 saturated carbocycles. The molecule has 0 atom stereocenters. The van der Waals surface area contributed by atoms with Gasteiger partial charge in [-0.1, -0.05) is 23.7 Å². The Hall–Kier alpha value is -0.570. The van der Waals surface area contributed by atoms with Crippen LogP contribution in [-0.2, 0) is 6.42 Å². The minimum Gasteiger partial charge on any atom is -0.315 e. The summed E-state index contributed by atoms with van der Waals surface area (Å²) in [4.78, 5) is 2.18. The van der Waals surface area contributed by atoms with Crippen LogP contribution in [0.15, 0.2) is 24.3 Å². The van der Waals surface area contributed by atoms with E-state index in [0.29, 0.717) is 0 Å².